The minimum absolute atomic E-state index is 0.0861. The van der Waals surface area contributed by atoms with Gasteiger partial charge in [0.15, 0.2) is 11.5 Å². The molecule has 0 radical (unpaired) electrons. The maximum absolute atomic E-state index is 12.5. The van der Waals surface area contributed by atoms with Crippen molar-refractivity contribution in [2.75, 3.05) is 0 Å². The Hall–Kier alpha value is -3.26. The average molecular weight is 447 g/mol. The van der Waals surface area contributed by atoms with Crippen molar-refractivity contribution >= 4 is 35.7 Å². The van der Waals surface area contributed by atoms with Crippen molar-refractivity contribution < 1.29 is 29.0 Å². The van der Waals surface area contributed by atoms with Gasteiger partial charge in [-0.15, -0.1) is 0 Å². The highest BCUT2D eigenvalue weighted by Crippen LogP contribution is 2.35. The van der Waals surface area contributed by atoms with E-state index in [-0.39, 0.29) is 33.6 Å². The number of ether oxygens (including phenoxy) is 2. The van der Waals surface area contributed by atoms with E-state index in [0.29, 0.717) is 0 Å². The number of rotatable bonds is 8. The van der Waals surface area contributed by atoms with Gasteiger partial charge in [-0.1, -0.05) is 39.3 Å². The summed E-state index contributed by atoms with van der Waals surface area (Å²) in [4.78, 5) is 44.2. The van der Waals surface area contributed by atoms with Gasteiger partial charge in [0, 0.05) is 35.3 Å². The fourth-order valence-corrected chi connectivity index (χ4v) is 2.63. The SMILES string of the molecule is CC(C)C(=O)Oc1c(C=NC(C(=O)O)C(C)C)cc(Cl)cc1OC(=O)c1cccnc1. The molecule has 0 saturated carbocycles. The molecule has 8 nitrogen and oxygen atoms in total. The first-order valence-corrected chi connectivity index (χ1v) is 9.91. The number of aromatic nitrogens is 1. The van der Waals surface area contributed by atoms with Gasteiger partial charge in [-0.3, -0.25) is 14.8 Å². The third kappa shape index (κ3) is 6.62. The van der Waals surface area contributed by atoms with Crippen LogP contribution in [0.15, 0.2) is 41.7 Å². The van der Waals surface area contributed by atoms with Crippen LogP contribution >= 0.6 is 11.6 Å². The van der Waals surface area contributed by atoms with E-state index in [1.54, 1.807) is 33.8 Å². The Morgan fingerprint density at radius 3 is 2.42 bits per heavy atom. The Kier molecular flexibility index (Phi) is 8.27. The molecule has 0 aliphatic heterocycles. The number of hydrogen-bond acceptors (Lipinski definition) is 7. The molecular formula is C22H23ClN2O6. The lowest BCUT2D eigenvalue weighted by atomic mass is 10.1. The second-order valence-electron chi connectivity index (χ2n) is 7.33. The van der Waals surface area contributed by atoms with Gasteiger partial charge in [-0.25, -0.2) is 9.59 Å². The van der Waals surface area contributed by atoms with E-state index in [9.17, 15) is 19.5 Å². The number of carboxylic acid groups (broad SMARTS) is 1. The maximum atomic E-state index is 12.5. The lowest BCUT2D eigenvalue weighted by molar-refractivity contribution is -0.139. The zero-order valence-electron chi connectivity index (χ0n) is 17.5. The van der Waals surface area contributed by atoms with Crippen LogP contribution in [-0.4, -0.2) is 40.3 Å². The van der Waals surface area contributed by atoms with Gasteiger partial charge in [-0.2, -0.15) is 0 Å². The van der Waals surface area contributed by atoms with Crippen LogP contribution < -0.4 is 9.47 Å². The van der Waals surface area contributed by atoms with Crippen molar-refractivity contribution in [2.45, 2.75) is 33.7 Å². The third-order valence-electron chi connectivity index (χ3n) is 4.08. The number of benzene rings is 1. The summed E-state index contributed by atoms with van der Waals surface area (Å²) in [5.74, 6) is -3.34. The molecule has 1 heterocycles. The molecule has 0 amide bonds. The summed E-state index contributed by atoms with van der Waals surface area (Å²) in [5, 5.41) is 9.54. The van der Waals surface area contributed by atoms with Gasteiger partial charge < -0.3 is 14.6 Å². The Bertz CT molecular complexity index is 989. The number of carbonyl (C=O) groups excluding carboxylic acids is 2. The summed E-state index contributed by atoms with van der Waals surface area (Å²) >= 11 is 6.17. The second kappa shape index (κ2) is 10.7. The number of esters is 2. The van der Waals surface area contributed by atoms with Crippen molar-refractivity contribution in [3.63, 3.8) is 0 Å². The molecule has 1 aromatic heterocycles. The average Bonchev–Trinajstić information content (AvgIpc) is 2.70. The molecular weight excluding hydrogens is 424 g/mol. The van der Waals surface area contributed by atoms with Crippen molar-refractivity contribution in [3.05, 3.63) is 52.8 Å². The second-order valence-corrected chi connectivity index (χ2v) is 7.77. The van der Waals surface area contributed by atoms with Gasteiger partial charge in [0.05, 0.1) is 11.5 Å². The van der Waals surface area contributed by atoms with Crippen LogP contribution in [0.3, 0.4) is 0 Å². The molecule has 0 aliphatic carbocycles. The number of carboxylic acids is 1. The molecule has 2 rings (SSSR count). The monoisotopic (exact) mass is 446 g/mol. The van der Waals surface area contributed by atoms with E-state index < -0.39 is 29.9 Å². The van der Waals surface area contributed by atoms with Gasteiger partial charge in [0.1, 0.15) is 6.04 Å². The molecule has 0 aliphatic rings. The number of aliphatic carboxylic acids is 1. The van der Waals surface area contributed by atoms with Crippen LogP contribution in [0.25, 0.3) is 0 Å². The van der Waals surface area contributed by atoms with E-state index in [1.165, 1.54) is 36.8 Å². The Balaban J connectivity index is 2.52. The highest BCUT2D eigenvalue weighted by Gasteiger charge is 2.23. The van der Waals surface area contributed by atoms with Gasteiger partial charge in [0.2, 0.25) is 0 Å². The normalized spacial score (nSPS) is 12.2. The molecule has 1 atom stereocenters. The number of hydrogen-bond donors (Lipinski definition) is 1. The lowest BCUT2D eigenvalue weighted by Crippen LogP contribution is -2.24. The minimum atomic E-state index is -1.10. The zero-order valence-corrected chi connectivity index (χ0v) is 18.3. The van der Waals surface area contributed by atoms with E-state index in [1.807, 2.05) is 0 Å². The smallest absolute Gasteiger partial charge is 0.345 e. The van der Waals surface area contributed by atoms with Crippen LogP contribution in [0.1, 0.15) is 43.6 Å². The quantitative estimate of drug-likeness (QED) is 0.369. The van der Waals surface area contributed by atoms with E-state index in [0.717, 1.165) is 0 Å². The van der Waals surface area contributed by atoms with Crippen molar-refractivity contribution in [1.29, 1.82) is 0 Å². The van der Waals surface area contributed by atoms with Crippen LogP contribution in [-0.2, 0) is 9.59 Å². The Morgan fingerprint density at radius 1 is 1.16 bits per heavy atom. The van der Waals surface area contributed by atoms with Crippen molar-refractivity contribution in [1.82, 2.24) is 4.98 Å². The van der Waals surface area contributed by atoms with E-state index >= 15 is 0 Å². The number of nitrogens with zero attached hydrogens (tertiary/aromatic N) is 2. The van der Waals surface area contributed by atoms with E-state index in [4.69, 9.17) is 21.1 Å². The molecule has 0 saturated heterocycles. The van der Waals surface area contributed by atoms with Crippen LogP contribution in [0, 0.1) is 11.8 Å². The molecule has 2 aromatic rings. The number of pyridine rings is 1. The molecule has 1 N–H and O–H groups in total. The van der Waals surface area contributed by atoms with E-state index in [2.05, 4.69) is 9.98 Å². The molecule has 1 aromatic carbocycles. The fourth-order valence-electron chi connectivity index (χ4n) is 2.41. The number of aliphatic imine (C=N–C) groups is 1. The molecule has 0 bridgehead atoms. The maximum Gasteiger partial charge on any atom is 0.345 e. The molecule has 164 valence electrons. The fraction of sp³-hybridized carbons (Fsp3) is 0.318. The highest BCUT2D eigenvalue weighted by molar-refractivity contribution is 6.31. The first-order valence-electron chi connectivity index (χ1n) is 9.53. The predicted octanol–water partition coefficient (Wildman–Crippen LogP) is 4.04. The van der Waals surface area contributed by atoms with Gasteiger partial charge in [0.25, 0.3) is 0 Å². The van der Waals surface area contributed by atoms with Gasteiger partial charge >= 0.3 is 17.9 Å². The minimum Gasteiger partial charge on any atom is -0.480 e. The molecule has 9 heteroatoms. The third-order valence-corrected chi connectivity index (χ3v) is 4.30. The van der Waals surface area contributed by atoms with Crippen molar-refractivity contribution in [3.8, 4) is 11.5 Å². The van der Waals surface area contributed by atoms with Gasteiger partial charge in [-0.05, 0) is 24.1 Å². The molecule has 0 spiro atoms. The topological polar surface area (TPSA) is 115 Å². The Morgan fingerprint density at radius 2 is 1.87 bits per heavy atom. The molecule has 1 unspecified atom stereocenters. The first-order chi connectivity index (χ1) is 14.6. The summed E-state index contributed by atoms with van der Waals surface area (Å²) in [6, 6.07) is 4.84. The largest absolute Gasteiger partial charge is 0.480 e. The lowest BCUT2D eigenvalue weighted by Gasteiger charge is -2.15. The summed E-state index contributed by atoms with van der Waals surface area (Å²) in [6.07, 6.45) is 4.08. The number of halogens is 1. The first kappa shape index (κ1) is 24.0. The zero-order chi connectivity index (χ0) is 23.1. The Labute approximate surface area is 184 Å². The summed E-state index contributed by atoms with van der Waals surface area (Å²) in [6.45, 7) is 6.73. The standard InChI is InChI=1S/C22H23ClN2O6/c1-12(2)18(20(26)27)25-11-15-8-16(23)9-17(19(15)31-21(28)13(3)4)30-22(29)14-6-5-7-24-10-14/h5-13,18H,1-4H3,(H,26,27). The summed E-state index contributed by atoms with van der Waals surface area (Å²) in [5.41, 5.74) is 0.381. The van der Waals surface area contributed by atoms with Crippen LogP contribution in [0.5, 0.6) is 11.5 Å². The van der Waals surface area contributed by atoms with Crippen LogP contribution in [0.4, 0.5) is 0 Å². The molecule has 0 fully saturated rings. The highest BCUT2D eigenvalue weighted by atomic mass is 35.5. The number of carbonyl (C=O) groups is 3. The predicted molar refractivity (Wildman–Crippen MR) is 115 cm³/mol. The summed E-state index contributed by atoms with van der Waals surface area (Å²) in [7, 11) is 0. The summed E-state index contributed by atoms with van der Waals surface area (Å²) < 4.78 is 10.9. The van der Waals surface area contributed by atoms with Crippen molar-refractivity contribution in [2.24, 2.45) is 16.8 Å². The van der Waals surface area contributed by atoms with Crippen LogP contribution in [0.2, 0.25) is 5.02 Å². The molecule has 31 heavy (non-hydrogen) atoms.